The number of aliphatic hydroxyl groups is 1. The van der Waals surface area contributed by atoms with E-state index in [1.54, 1.807) is 55.9 Å². The molecule has 0 spiro atoms. The summed E-state index contributed by atoms with van der Waals surface area (Å²) >= 11 is 0. The van der Waals surface area contributed by atoms with Gasteiger partial charge in [0.25, 0.3) is 0 Å². The molecule has 0 radical (unpaired) electrons. The number of likely N-dealkylation sites (N-methyl/N-ethyl adjacent to an activating group) is 2. The number of carbonyl (C=O) groups excluding carboxylic acids is 6. The highest BCUT2D eigenvalue weighted by Crippen LogP contribution is 2.40. The molecule has 510 valence electrons. The van der Waals surface area contributed by atoms with Gasteiger partial charge in [0.2, 0.25) is 35.4 Å². The van der Waals surface area contributed by atoms with E-state index in [0.29, 0.717) is 67.2 Å². The first-order valence-electron chi connectivity index (χ1n) is 32.8. The molecular weight excluding hydrogens is 1220 g/mol. The number of phenolic OH excluding ortho intramolecular Hbond substituents is 2. The first-order valence-corrected chi connectivity index (χ1v) is 35.2. The van der Waals surface area contributed by atoms with Gasteiger partial charge in [0.05, 0.1) is 71.5 Å². The van der Waals surface area contributed by atoms with Crippen molar-refractivity contribution in [1.29, 1.82) is 0 Å². The maximum absolute atomic E-state index is 14.8. The van der Waals surface area contributed by atoms with E-state index in [1.807, 2.05) is 109 Å². The summed E-state index contributed by atoms with van der Waals surface area (Å²) in [7, 11) is 8.91. The Hall–Kier alpha value is -6.86. The number of fused-ring (bicyclic) bond motifs is 1. The van der Waals surface area contributed by atoms with Crippen LogP contribution in [0, 0.1) is 29.6 Å². The number of aryl methyl sites for hydroxylation is 1. The molecule has 0 bridgehead atoms. The zero-order valence-corrected chi connectivity index (χ0v) is 58.3. The summed E-state index contributed by atoms with van der Waals surface area (Å²) < 4.78 is 15.8. The Morgan fingerprint density at radius 3 is 2.08 bits per heavy atom. The van der Waals surface area contributed by atoms with Gasteiger partial charge in [-0.05, 0) is 110 Å². The maximum Gasteiger partial charge on any atom is 0.319 e. The van der Waals surface area contributed by atoms with E-state index in [4.69, 9.17) is 9.47 Å². The molecule has 3 unspecified atom stereocenters. The fourth-order valence-corrected chi connectivity index (χ4v) is 15.2. The second-order valence-electron chi connectivity index (χ2n) is 26.3. The molecule has 2 aliphatic heterocycles. The van der Waals surface area contributed by atoms with Gasteiger partial charge in [-0.25, -0.2) is 4.57 Å². The second-order valence-corrected chi connectivity index (χ2v) is 28.8. The molecule has 93 heavy (non-hydrogen) atoms. The van der Waals surface area contributed by atoms with Gasteiger partial charge in [0, 0.05) is 77.7 Å². The number of hydrogen-bond donors (Lipinski definition) is 6. The number of nitrogens with zero attached hydrogens (tertiary/aromatic N) is 8. The number of rotatable bonds is 31. The molecule has 2 fully saturated rings. The van der Waals surface area contributed by atoms with Gasteiger partial charge in [-0.3, -0.25) is 28.8 Å². The molecule has 0 saturated carbocycles. The van der Waals surface area contributed by atoms with E-state index in [-0.39, 0.29) is 94.5 Å². The average molecular weight is 1330 g/mol. The maximum atomic E-state index is 14.8. The second kappa shape index (κ2) is 33.5. The molecule has 10 atom stereocenters. The van der Waals surface area contributed by atoms with Crippen molar-refractivity contribution in [2.75, 3.05) is 59.5 Å². The summed E-state index contributed by atoms with van der Waals surface area (Å²) in [5.74, 6) is -2.45. The highest BCUT2D eigenvalue weighted by atomic mass is 33.1. The monoisotopic (exact) mass is 1320 g/mol. The van der Waals surface area contributed by atoms with Crippen LogP contribution in [-0.4, -0.2) is 197 Å². The van der Waals surface area contributed by atoms with Crippen LogP contribution in [-0.2, 0) is 44.8 Å². The standard InChI is InChI=1S/C69H100N10O12S2/c1-15-43(8)62(56(90-13)37-57(82)78-29-19-22-53(78)64(91-14)44(9)66(86)70-45(10)63(85)47-20-17-16-18-21-47)75(12)68(88)60(41(4)5)71-67(87)61(42(6)7)74(11)58(83)38-92-93-39-59(84)77-31-26-46(27-32-77)25-30-76-33-28-48-34-49(23-24-52(48)76)79-65(72-73-69(79)89)51-35-50(40(2)3)54(80)36-55(51)81/h16-18,20-21,23-24,28,33-36,40-46,53,56,60-64,80-81,85H,15,19,22,25-27,29-32,37-39H2,1-14H3,(H,70,86)(H,71,87)(H,73,89)/t43-,44+,45-,53?,56+,60-,61?,62?,63-,64-/m0/s1. The molecule has 0 aliphatic carbocycles. The first kappa shape index (κ1) is 73.5. The van der Waals surface area contributed by atoms with Crippen LogP contribution in [0.25, 0.3) is 28.0 Å². The van der Waals surface area contributed by atoms with E-state index in [0.717, 1.165) is 36.7 Å². The lowest BCUT2D eigenvalue weighted by Gasteiger charge is -2.41. The van der Waals surface area contributed by atoms with Crippen LogP contribution in [0.2, 0.25) is 0 Å². The Morgan fingerprint density at radius 1 is 0.753 bits per heavy atom. The zero-order valence-electron chi connectivity index (χ0n) is 56.7. The van der Waals surface area contributed by atoms with Gasteiger partial charge in [-0.1, -0.05) is 126 Å². The van der Waals surface area contributed by atoms with Gasteiger partial charge in [-0.15, -0.1) is 5.10 Å². The fraction of sp³-hybridized carbons (Fsp3) is 0.594. The van der Waals surface area contributed by atoms with Crippen LogP contribution in [0.1, 0.15) is 137 Å². The lowest BCUT2D eigenvalue weighted by atomic mass is 9.89. The molecular formula is C69H100N10O12S2. The van der Waals surface area contributed by atoms with Crippen molar-refractivity contribution < 1.29 is 58.7 Å². The lowest BCUT2D eigenvalue weighted by Crippen LogP contribution is -2.60. The normalized spacial score (nSPS) is 17.6. The van der Waals surface area contributed by atoms with Crippen molar-refractivity contribution in [3.05, 3.63) is 84.1 Å². The van der Waals surface area contributed by atoms with Crippen molar-refractivity contribution >= 4 is 67.9 Å². The molecule has 2 aliphatic rings. The fourth-order valence-electron chi connectivity index (χ4n) is 13.3. The average Bonchev–Trinajstić information content (AvgIpc) is 1.69. The number of aromatic nitrogens is 4. The third-order valence-electron chi connectivity index (χ3n) is 19.0. The zero-order chi connectivity index (χ0) is 68.1. The van der Waals surface area contributed by atoms with Crippen molar-refractivity contribution in [3.63, 3.8) is 0 Å². The summed E-state index contributed by atoms with van der Waals surface area (Å²) in [6, 6.07) is 16.1. The summed E-state index contributed by atoms with van der Waals surface area (Å²) in [6.07, 6.45) is 4.33. The molecule has 5 aromatic rings. The molecule has 6 N–H and O–H groups in total. The van der Waals surface area contributed by atoms with E-state index in [9.17, 15) is 49.2 Å². The van der Waals surface area contributed by atoms with Crippen molar-refractivity contribution in [1.82, 2.24) is 49.6 Å². The number of carbonyl (C=O) groups is 6. The molecule has 7 rings (SSSR count). The van der Waals surface area contributed by atoms with E-state index in [1.165, 1.54) is 51.3 Å². The number of hydrogen-bond acceptors (Lipinski definition) is 16. The summed E-state index contributed by atoms with van der Waals surface area (Å²) in [5.41, 5.74) is 3.26. The summed E-state index contributed by atoms with van der Waals surface area (Å²) in [4.78, 5) is 91.3. The number of likely N-dealkylation sites (tertiary alicyclic amines) is 2. The third-order valence-corrected chi connectivity index (χ3v) is 21.1. The number of ether oxygens (including phenoxy) is 2. The third kappa shape index (κ3) is 17.7. The van der Waals surface area contributed by atoms with Gasteiger partial charge >= 0.3 is 6.01 Å². The minimum Gasteiger partial charge on any atom is -0.508 e. The van der Waals surface area contributed by atoms with Crippen LogP contribution in [0.15, 0.2) is 72.9 Å². The van der Waals surface area contributed by atoms with Crippen LogP contribution in [0.3, 0.4) is 0 Å². The van der Waals surface area contributed by atoms with Crippen LogP contribution in [0.5, 0.6) is 17.5 Å². The minimum atomic E-state index is -0.979. The van der Waals surface area contributed by atoms with Crippen molar-refractivity contribution in [2.24, 2.45) is 29.6 Å². The van der Waals surface area contributed by atoms with Crippen molar-refractivity contribution in [3.8, 4) is 34.6 Å². The number of piperidine rings is 1. The van der Waals surface area contributed by atoms with E-state index < -0.39 is 60.3 Å². The number of aromatic hydroxyl groups is 3. The Bertz CT molecular complexity index is 3340. The Labute approximate surface area is 556 Å². The Kier molecular flexibility index (Phi) is 26.5. The van der Waals surface area contributed by atoms with Gasteiger partial charge < -0.3 is 64.7 Å². The van der Waals surface area contributed by atoms with Crippen LogP contribution < -0.4 is 10.6 Å². The van der Waals surface area contributed by atoms with Gasteiger partial charge in [-0.2, -0.15) is 0 Å². The summed E-state index contributed by atoms with van der Waals surface area (Å²) in [5, 5.41) is 58.0. The highest BCUT2D eigenvalue weighted by Gasteiger charge is 2.44. The van der Waals surface area contributed by atoms with E-state index in [2.05, 4.69) is 25.4 Å². The van der Waals surface area contributed by atoms with Crippen molar-refractivity contribution in [2.45, 2.75) is 175 Å². The predicted octanol–water partition coefficient (Wildman–Crippen LogP) is 8.92. The Balaban J connectivity index is 0.871. The number of amides is 6. The largest absolute Gasteiger partial charge is 0.508 e. The quantitative estimate of drug-likeness (QED) is 0.0178. The number of aliphatic hydroxyl groups excluding tert-OH is 1. The van der Waals surface area contributed by atoms with E-state index >= 15 is 0 Å². The number of phenols is 2. The summed E-state index contributed by atoms with van der Waals surface area (Å²) in [6.45, 7) is 21.3. The minimum absolute atomic E-state index is 0.00614. The smallest absolute Gasteiger partial charge is 0.319 e. The lowest BCUT2D eigenvalue weighted by molar-refractivity contribution is -0.148. The molecule has 3 aromatic carbocycles. The number of methoxy groups -OCH3 is 2. The van der Waals surface area contributed by atoms with Gasteiger partial charge in [0.1, 0.15) is 23.6 Å². The first-order chi connectivity index (χ1) is 44.2. The molecule has 2 aromatic heterocycles. The molecule has 22 nitrogen and oxygen atoms in total. The van der Waals surface area contributed by atoms with Crippen LogP contribution >= 0.6 is 21.6 Å². The topological polar surface area (TPSA) is 274 Å². The molecule has 4 heterocycles. The van der Waals surface area contributed by atoms with Crippen LogP contribution in [0.4, 0.5) is 0 Å². The highest BCUT2D eigenvalue weighted by molar-refractivity contribution is 8.77. The molecule has 2 saturated heterocycles. The number of benzene rings is 3. The molecule has 6 amide bonds. The Morgan fingerprint density at radius 2 is 1.44 bits per heavy atom. The molecule has 24 heteroatoms. The predicted molar refractivity (Wildman–Crippen MR) is 364 cm³/mol. The number of nitrogens with one attached hydrogen (secondary N) is 2. The van der Waals surface area contributed by atoms with Gasteiger partial charge in [0.15, 0.2) is 5.82 Å². The SMILES string of the molecule is CC[C@H](C)C([C@@H](CC(=O)N1CCCC1[C@@H](OC)[C@@H](C)C(=O)N[C@@H](C)[C@H](O)c1ccccc1)OC)N(C)C(=O)[C@@H](NC(=O)C(C(C)C)N(C)C(=O)CSSCC(=O)N1CCC(CCn2ccc3cc(-n4c(O)nnc4-c4cc(C(C)C)c(O)cc4O)ccc32)CC1)C(C)C.